The van der Waals surface area contributed by atoms with Crippen molar-refractivity contribution in [2.24, 2.45) is 5.73 Å². The first-order chi connectivity index (χ1) is 9.70. The summed E-state index contributed by atoms with van der Waals surface area (Å²) in [6.45, 7) is 0.693. The highest BCUT2D eigenvalue weighted by Crippen LogP contribution is 2.17. The Balaban J connectivity index is 1.95. The zero-order valence-corrected chi connectivity index (χ0v) is 12.6. The van der Waals surface area contributed by atoms with Gasteiger partial charge in [0.15, 0.2) is 0 Å². The van der Waals surface area contributed by atoms with Gasteiger partial charge in [-0.3, -0.25) is 4.79 Å². The molecular weight excluding hydrogens is 318 g/mol. The van der Waals surface area contributed by atoms with Crippen LogP contribution in [0.3, 0.4) is 0 Å². The molecule has 0 bridgehead atoms. The summed E-state index contributed by atoms with van der Waals surface area (Å²) >= 11 is 3.43. The fraction of sp³-hybridized carbons (Fsp3) is 0.188. The Labute approximate surface area is 126 Å². The molecule has 0 fully saturated rings. The van der Waals surface area contributed by atoms with Crippen LogP contribution in [0, 0.1) is 0 Å². The third-order valence-electron chi connectivity index (χ3n) is 3.02. The van der Waals surface area contributed by atoms with E-state index >= 15 is 0 Å². The molecule has 0 aliphatic carbocycles. The molecule has 0 atom stereocenters. The summed E-state index contributed by atoms with van der Waals surface area (Å²) in [7, 11) is 0. The number of carbonyl (C=O) groups excluding carboxylic acids is 1. The van der Waals surface area contributed by atoms with Crippen molar-refractivity contribution in [3.8, 4) is 0 Å². The minimum atomic E-state index is -0.248. The number of benzene rings is 2. The van der Waals surface area contributed by atoms with Crippen molar-refractivity contribution in [3.05, 3.63) is 69.7 Å². The van der Waals surface area contributed by atoms with E-state index < -0.39 is 0 Å². The highest BCUT2D eigenvalue weighted by Gasteiger charge is 2.09. The number of hydrogen-bond donors (Lipinski definition) is 1. The minimum absolute atomic E-state index is 0.248. The number of halogens is 1. The molecule has 2 aromatic carbocycles. The summed E-state index contributed by atoms with van der Waals surface area (Å²) < 4.78 is 6.24. The lowest BCUT2D eigenvalue weighted by atomic mass is 10.1. The van der Waals surface area contributed by atoms with Crippen LogP contribution in [0.5, 0.6) is 0 Å². The van der Waals surface area contributed by atoms with Gasteiger partial charge < -0.3 is 10.5 Å². The number of nitrogens with two attached hydrogens (primary N) is 1. The number of hydrogen-bond acceptors (Lipinski definition) is 3. The zero-order valence-electron chi connectivity index (χ0n) is 11.0. The summed E-state index contributed by atoms with van der Waals surface area (Å²) in [6.07, 6.45) is 0.248. The summed E-state index contributed by atoms with van der Waals surface area (Å²) in [5, 5.41) is 0. The van der Waals surface area contributed by atoms with Gasteiger partial charge in [0.05, 0.1) is 6.42 Å². The van der Waals surface area contributed by atoms with E-state index in [4.69, 9.17) is 10.5 Å². The van der Waals surface area contributed by atoms with Crippen LogP contribution < -0.4 is 5.73 Å². The second-order valence-corrected chi connectivity index (χ2v) is 5.26. The average Bonchev–Trinajstić information content (AvgIpc) is 2.47. The van der Waals surface area contributed by atoms with Crippen LogP contribution in [-0.4, -0.2) is 5.97 Å². The fourth-order valence-electron chi connectivity index (χ4n) is 1.91. The molecule has 0 radical (unpaired) electrons. The largest absolute Gasteiger partial charge is 0.461 e. The molecule has 0 amide bonds. The maximum atomic E-state index is 11.9. The summed E-state index contributed by atoms with van der Waals surface area (Å²) in [5.74, 6) is -0.248. The molecule has 104 valence electrons. The molecule has 2 aromatic rings. The van der Waals surface area contributed by atoms with E-state index in [1.165, 1.54) is 0 Å². The fourth-order valence-corrected chi connectivity index (χ4v) is 2.31. The van der Waals surface area contributed by atoms with Crippen LogP contribution in [0.2, 0.25) is 0 Å². The Hall–Kier alpha value is -1.65. The smallest absolute Gasteiger partial charge is 0.310 e. The highest BCUT2D eigenvalue weighted by atomic mass is 79.9. The molecular formula is C16H16BrNO2. The number of carbonyl (C=O) groups is 1. The molecule has 0 heterocycles. The van der Waals surface area contributed by atoms with Crippen LogP contribution >= 0.6 is 15.9 Å². The van der Waals surface area contributed by atoms with Gasteiger partial charge in [-0.2, -0.15) is 0 Å². The minimum Gasteiger partial charge on any atom is -0.461 e. The third-order valence-corrected chi connectivity index (χ3v) is 3.79. The van der Waals surface area contributed by atoms with Gasteiger partial charge in [0.25, 0.3) is 0 Å². The molecule has 0 aliphatic rings. The van der Waals surface area contributed by atoms with E-state index in [2.05, 4.69) is 15.9 Å². The standard InChI is InChI=1S/C16H16BrNO2/c17-15-8-4-3-7-14(15)11-20-16(19)9-12-5-1-2-6-13(12)10-18/h1-8H,9-11,18H2. The van der Waals surface area contributed by atoms with Gasteiger partial charge in [-0.1, -0.05) is 58.4 Å². The van der Waals surface area contributed by atoms with Crippen molar-refractivity contribution in [2.45, 2.75) is 19.6 Å². The van der Waals surface area contributed by atoms with Crippen molar-refractivity contribution >= 4 is 21.9 Å². The Morgan fingerprint density at radius 1 is 1.00 bits per heavy atom. The molecule has 0 saturated heterocycles. The molecule has 3 nitrogen and oxygen atoms in total. The lowest BCUT2D eigenvalue weighted by Crippen LogP contribution is -2.11. The van der Waals surface area contributed by atoms with Crippen LogP contribution in [-0.2, 0) is 29.1 Å². The Morgan fingerprint density at radius 3 is 2.25 bits per heavy atom. The van der Waals surface area contributed by atoms with Gasteiger partial charge in [-0.05, 0) is 17.2 Å². The molecule has 0 unspecified atom stereocenters. The maximum Gasteiger partial charge on any atom is 0.310 e. The Kier molecular flexibility index (Phi) is 5.32. The average molecular weight is 334 g/mol. The van der Waals surface area contributed by atoms with Crippen molar-refractivity contribution < 1.29 is 9.53 Å². The second-order valence-electron chi connectivity index (χ2n) is 4.40. The first kappa shape index (κ1) is 14.8. The summed E-state index contributed by atoms with van der Waals surface area (Å²) in [6, 6.07) is 15.3. The first-order valence-corrected chi connectivity index (χ1v) is 7.16. The maximum absolute atomic E-state index is 11.9. The number of esters is 1. The lowest BCUT2D eigenvalue weighted by molar-refractivity contribution is -0.144. The Bertz CT molecular complexity index is 599. The molecule has 0 aromatic heterocycles. The molecule has 4 heteroatoms. The van der Waals surface area contributed by atoms with Crippen molar-refractivity contribution in [1.29, 1.82) is 0 Å². The zero-order chi connectivity index (χ0) is 14.4. The number of rotatable bonds is 5. The van der Waals surface area contributed by atoms with Crippen LogP contribution in [0.1, 0.15) is 16.7 Å². The van der Waals surface area contributed by atoms with Gasteiger partial charge in [-0.15, -0.1) is 0 Å². The lowest BCUT2D eigenvalue weighted by Gasteiger charge is -2.09. The topological polar surface area (TPSA) is 52.3 Å². The van der Waals surface area contributed by atoms with Crippen molar-refractivity contribution in [3.63, 3.8) is 0 Å². The van der Waals surface area contributed by atoms with E-state index in [0.717, 1.165) is 21.2 Å². The molecule has 20 heavy (non-hydrogen) atoms. The van der Waals surface area contributed by atoms with Crippen LogP contribution in [0.15, 0.2) is 53.0 Å². The molecule has 2 rings (SSSR count). The molecule has 0 saturated carbocycles. The Morgan fingerprint density at radius 2 is 1.60 bits per heavy atom. The van der Waals surface area contributed by atoms with Crippen molar-refractivity contribution in [1.82, 2.24) is 0 Å². The predicted octanol–water partition coefficient (Wildman–Crippen LogP) is 3.19. The van der Waals surface area contributed by atoms with Gasteiger partial charge in [0.1, 0.15) is 6.61 Å². The van der Waals surface area contributed by atoms with Crippen LogP contribution in [0.25, 0.3) is 0 Å². The molecule has 0 aliphatic heterocycles. The first-order valence-electron chi connectivity index (χ1n) is 6.36. The SMILES string of the molecule is NCc1ccccc1CC(=O)OCc1ccccc1Br. The van der Waals surface area contributed by atoms with E-state index in [1.807, 2.05) is 48.5 Å². The van der Waals surface area contributed by atoms with Crippen molar-refractivity contribution in [2.75, 3.05) is 0 Å². The predicted molar refractivity (Wildman–Crippen MR) is 82.0 cm³/mol. The molecule has 0 spiro atoms. The second kappa shape index (κ2) is 7.22. The van der Waals surface area contributed by atoms with E-state index in [9.17, 15) is 4.79 Å². The van der Waals surface area contributed by atoms with E-state index in [1.54, 1.807) is 0 Å². The monoisotopic (exact) mass is 333 g/mol. The normalized spacial score (nSPS) is 10.3. The van der Waals surface area contributed by atoms with Gasteiger partial charge >= 0.3 is 5.97 Å². The van der Waals surface area contributed by atoms with Gasteiger partial charge in [-0.25, -0.2) is 0 Å². The van der Waals surface area contributed by atoms with E-state index in [0.29, 0.717) is 6.54 Å². The summed E-state index contributed by atoms with van der Waals surface area (Å²) in [4.78, 5) is 11.9. The van der Waals surface area contributed by atoms with Gasteiger partial charge in [0, 0.05) is 16.6 Å². The number of ether oxygens (including phenoxy) is 1. The quantitative estimate of drug-likeness (QED) is 0.855. The molecule has 2 N–H and O–H groups in total. The van der Waals surface area contributed by atoms with Crippen LogP contribution in [0.4, 0.5) is 0 Å². The highest BCUT2D eigenvalue weighted by molar-refractivity contribution is 9.10. The third kappa shape index (κ3) is 3.92. The summed E-state index contributed by atoms with van der Waals surface area (Å²) in [5.41, 5.74) is 8.51. The van der Waals surface area contributed by atoms with Gasteiger partial charge in [0.2, 0.25) is 0 Å². The van der Waals surface area contributed by atoms with E-state index in [-0.39, 0.29) is 19.0 Å².